The molecule has 4 saturated carbocycles. The average Bonchev–Trinajstić information content (AvgIpc) is 2.57. The molecule has 4 bridgehead atoms. The Morgan fingerprint density at radius 2 is 1.87 bits per heavy atom. The van der Waals surface area contributed by atoms with Gasteiger partial charge < -0.3 is 10.4 Å². The number of amides is 1. The SMILES string of the molecule is Cc1c(Cl)cccc1S(=O)(=O)NC(C)(C)CC(=O)NC1C2CC3CC1CC(O)(C3)C2. The number of rotatable bonds is 6. The van der Waals surface area contributed by atoms with Crippen molar-refractivity contribution < 1.29 is 18.3 Å². The summed E-state index contributed by atoms with van der Waals surface area (Å²) in [6.07, 6.45) is 4.58. The normalized spacial score (nSPS) is 33.0. The summed E-state index contributed by atoms with van der Waals surface area (Å²) in [5.74, 6) is 1.05. The summed E-state index contributed by atoms with van der Waals surface area (Å²) in [4.78, 5) is 13.0. The molecule has 0 heterocycles. The van der Waals surface area contributed by atoms with Crippen LogP contribution in [0.5, 0.6) is 0 Å². The lowest BCUT2D eigenvalue weighted by Crippen LogP contribution is -2.62. The fraction of sp³-hybridized carbons (Fsp3) is 0.682. The molecule has 0 aromatic heterocycles. The van der Waals surface area contributed by atoms with Gasteiger partial charge in [-0.25, -0.2) is 13.1 Å². The molecule has 5 rings (SSSR count). The second-order valence-electron chi connectivity index (χ2n) is 10.3. The number of halogens is 1. The van der Waals surface area contributed by atoms with Gasteiger partial charge in [-0.3, -0.25) is 4.79 Å². The van der Waals surface area contributed by atoms with Gasteiger partial charge in [-0.15, -0.1) is 0 Å². The van der Waals surface area contributed by atoms with Gasteiger partial charge in [0.2, 0.25) is 15.9 Å². The van der Waals surface area contributed by atoms with Crippen LogP contribution in [0.15, 0.2) is 23.1 Å². The Morgan fingerprint density at radius 3 is 2.47 bits per heavy atom. The highest BCUT2D eigenvalue weighted by molar-refractivity contribution is 7.89. The van der Waals surface area contributed by atoms with E-state index in [2.05, 4.69) is 10.0 Å². The van der Waals surface area contributed by atoms with Gasteiger partial charge in [0.1, 0.15) is 0 Å². The average molecular weight is 455 g/mol. The fourth-order valence-corrected chi connectivity index (χ4v) is 8.10. The molecule has 1 aromatic carbocycles. The first-order chi connectivity index (χ1) is 13.9. The van der Waals surface area contributed by atoms with Crippen LogP contribution in [-0.4, -0.2) is 36.6 Å². The quantitative estimate of drug-likeness (QED) is 0.615. The van der Waals surface area contributed by atoms with Crippen molar-refractivity contribution in [3.05, 3.63) is 28.8 Å². The van der Waals surface area contributed by atoms with E-state index in [0.29, 0.717) is 28.3 Å². The molecule has 1 amide bonds. The predicted octanol–water partition coefficient (Wildman–Crippen LogP) is 3.15. The highest BCUT2D eigenvalue weighted by atomic mass is 35.5. The molecular weight excluding hydrogens is 424 g/mol. The minimum absolute atomic E-state index is 0.0372. The van der Waals surface area contributed by atoms with Gasteiger partial charge in [0.05, 0.1) is 10.5 Å². The van der Waals surface area contributed by atoms with Gasteiger partial charge in [0, 0.05) is 23.0 Å². The first kappa shape index (κ1) is 22.1. The lowest BCUT2D eigenvalue weighted by atomic mass is 9.52. The number of hydrogen-bond acceptors (Lipinski definition) is 4. The van der Waals surface area contributed by atoms with Crippen molar-refractivity contribution in [1.29, 1.82) is 0 Å². The molecule has 166 valence electrons. The molecule has 1 aromatic rings. The molecular formula is C22H31ClN2O4S. The summed E-state index contributed by atoms with van der Waals surface area (Å²) in [6, 6.07) is 4.84. The molecule has 8 heteroatoms. The highest BCUT2D eigenvalue weighted by Crippen LogP contribution is 2.55. The second kappa shape index (κ2) is 7.47. The van der Waals surface area contributed by atoms with Crippen LogP contribution in [0, 0.1) is 24.7 Å². The van der Waals surface area contributed by atoms with E-state index < -0.39 is 21.2 Å². The van der Waals surface area contributed by atoms with Crippen molar-refractivity contribution in [2.75, 3.05) is 0 Å². The summed E-state index contributed by atoms with van der Waals surface area (Å²) >= 11 is 6.08. The third kappa shape index (κ3) is 4.27. The predicted molar refractivity (Wildman–Crippen MR) is 116 cm³/mol. The van der Waals surface area contributed by atoms with Crippen molar-refractivity contribution in [3.63, 3.8) is 0 Å². The van der Waals surface area contributed by atoms with Crippen LogP contribution >= 0.6 is 11.6 Å². The topological polar surface area (TPSA) is 95.5 Å². The van der Waals surface area contributed by atoms with Crippen LogP contribution in [0.2, 0.25) is 5.02 Å². The Labute approximate surface area is 183 Å². The molecule has 4 aliphatic rings. The molecule has 4 aliphatic carbocycles. The van der Waals surface area contributed by atoms with E-state index >= 15 is 0 Å². The molecule has 6 nitrogen and oxygen atoms in total. The summed E-state index contributed by atoms with van der Waals surface area (Å²) < 4.78 is 28.5. The first-order valence-electron chi connectivity index (χ1n) is 10.7. The van der Waals surface area contributed by atoms with Gasteiger partial charge in [-0.2, -0.15) is 0 Å². The third-order valence-electron chi connectivity index (χ3n) is 7.09. The van der Waals surface area contributed by atoms with Crippen molar-refractivity contribution in [2.24, 2.45) is 17.8 Å². The molecule has 0 aliphatic heterocycles. The fourth-order valence-electron chi connectivity index (χ4n) is 6.19. The number of hydrogen-bond donors (Lipinski definition) is 3. The molecule has 3 N–H and O–H groups in total. The van der Waals surface area contributed by atoms with Crippen LogP contribution in [0.1, 0.15) is 57.9 Å². The Kier molecular flexibility index (Phi) is 5.49. The maximum absolute atomic E-state index is 12.9. The maximum Gasteiger partial charge on any atom is 0.241 e. The summed E-state index contributed by atoms with van der Waals surface area (Å²) in [6.45, 7) is 5.09. The zero-order valence-electron chi connectivity index (χ0n) is 17.7. The van der Waals surface area contributed by atoms with Crippen LogP contribution in [0.3, 0.4) is 0 Å². The van der Waals surface area contributed by atoms with E-state index in [9.17, 15) is 18.3 Å². The third-order valence-corrected chi connectivity index (χ3v) is 9.34. The van der Waals surface area contributed by atoms with Gasteiger partial charge >= 0.3 is 0 Å². The molecule has 4 fully saturated rings. The molecule has 2 unspecified atom stereocenters. The molecule has 0 saturated heterocycles. The monoisotopic (exact) mass is 454 g/mol. The number of carbonyl (C=O) groups excluding carboxylic acids is 1. The number of aliphatic hydroxyl groups is 1. The number of benzene rings is 1. The summed E-state index contributed by atoms with van der Waals surface area (Å²) in [5, 5.41) is 14.3. The molecule has 30 heavy (non-hydrogen) atoms. The van der Waals surface area contributed by atoms with E-state index in [0.717, 1.165) is 32.1 Å². The lowest BCUT2D eigenvalue weighted by Gasteiger charge is -2.58. The van der Waals surface area contributed by atoms with Crippen LogP contribution < -0.4 is 10.0 Å². The Morgan fingerprint density at radius 1 is 1.23 bits per heavy atom. The molecule has 0 spiro atoms. The zero-order chi connectivity index (χ0) is 21.9. The van der Waals surface area contributed by atoms with Crippen molar-refractivity contribution in [2.45, 2.75) is 81.4 Å². The van der Waals surface area contributed by atoms with Crippen LogP contribution in [-0.2, 0) is 14.8 Å². The van der Waals surface area contributed by atoms with E-state index in [-0.39, 0.29) is 23.3 Å². The van der Waals surface area contributed by atoms with Gasteiger partial charge in [-0.1, -0.05) is 17.7 Å². The summed E-state index contributed by atoms with van der Waals surface area (Å²) in [7, 11) is -3.82. The Bertz CT molecular complexity index is 946. The minimum Gasteiger partial charge on any atom is -0.390 e. The second-order valence-corrected chi connectivity index (χ2v) is 12.4. The van der Waals surface area contributed by atoms with E-state index in [1.54, 1.807) is 32.9 Å². The standard InChI is InChI=1S/C22H31ClN2O4S/c1-13-17(23)5-4-6-18(13)30(28,29)25-21(2,3)12-19(26)24-20-15-7-14-8-16(20)11-22(27,9-14)10-15/h4-6,14-16,20,25,27H,7-12H2,1-3H3,(H,24,26). The van der Waals surface area contributed by atoms with Crippen molar-refractivity contribution in [3.8, 4) is 0 Å². The zero-order valence-corrected chi connectivity index (χ0v) is 19.3. The molecule has 2 atom stereocenters. The summed E-state index contributed by atoms with van der Waals surface area (Å²) in [5.41, 5.74) is -1.01. The van der Waals surface area contributed by atoms with Crippen molar-refractivity contribution in [1.82, 2.24) is 10.0 Å². The van der Waals surface area contributed by atoms with Crippen LogP contribution in [0.25, 0.3) is 0 Å². The van der Waals surface area contributed by atoms with Gasteiger partial charge in [0.25, 0.3) is 0 Å². The van der Waals surface area contributed by atoms with E-state index in [1.165, 1.54) is 6.07 Å². The van der Waals surface area contributed by atoms with Crippen LogP contribution in [0.4, 0.5) is 0 Å². The first-order valence-corrected chi connectivity index (χ1v) is 12.5. The maximum atomic E-state index is 12.9. The largest absolute Gasteiger partial charge is 0.390 e. The molecule has 0 radical (unpaired) electrons. The van der Waals surface area contributed by atoms with Crippen molar-refractivity contribution >= 4 is 27.5 Å². The smallest absolute Gasteiger partial charge is 0.241 e. The number of carbonyl (C=O) groups is 1. The van der Waals surface area contributed by atoms with Gasteiger partial charge in [0.15, 0.2) is 0 Å². The minimum atomic E-state index is -3.82. The lowest BCUT2D eigenvalue weighted by molar-refractivity contribution is -0.147. The number of nitrogens with one attached hydrogen (secondary N) is 2. The Balaban J connectivity index is 1.41. The number of sulfonamides is 1. The highest BCUT2D eigenvalue weighted by Gasteiger charge is 2.55. The van der Waals surface area contributed by atoms with E-state index in [4.69, 9.17) is 11.6 Å². The Hall–Kier alpha value is -1.15. The van der Waals surface area contributed by atoms with Gasteiger partial charge in [-0.05, 0) is 88.3 Å². The van der Waals surface area contributed by atoms with E-state index in [1.807, 2.05) is 0 Å².